The molecule has 0 aromatic heterocycles. The van der Waals surface area contributed by atoms with Crippen LogP contribution in [0.25, 0.3) is 0 Å². The Morgan fingerprint density at radius 2 is 1.97 bits per heavy atom. The predicted octanol–water partition coefficient (Wildman–Crippen LogP) is 1.69. The zero-order valence-electron chi connectivity index (χ0n) is 19.2. The molecule has 0 aromatic rings. The van der Waals surface area contributed by atoms with E-state index in [2.05, 4.69) is 33.8 Å². The van der Waals surface area contributed by atoms with Gasteiger partial charge in [0.05, 0.1) is 11.7 Å². The molecule has 3 rings (SSSR count). The first kappa shape index (κ1) is 24.6. The number of rotatable bonds is 5. The minimum absolute atomic E-state index is 0.140. The SMILES string of the molecule is CC(=O)OCC1OC(OC2C(C(C)C)CCC(C)=CCCC3(C)OC23)C(O)C(O)C1O. The number of esters is 1. The highest BCUT2D eigenvalue weighted by atomic mass is 16.7. The van der Waals surface area contributed by atoms with Crippen LogP contribution in [0.2, 0.25) is 0 Å². The molecule has 0 saturated carbocycles. The second kappa shape index (κ2) is 9.85. The third kappa shape index (κ3) is 5.67. The number of ether oxygens (including phenoxy) is 4. The van der Waals surface area contributed by atoms with E-state index in [-0.39, 0.29) is 30.3 Å². The number of aliphatic hydroxyl groups is 3. The zero-order chi connectivity index (χ0) is 22.9. The molecule has 0 amide bonds. The number of epoxide rings is 1. The van der Waals surface area contributed by atoms with Crippen molar-refractivity contribution in [2.75, 3.05) is 6.61 Å². The van der Waals surface area contributed by atoms with Gasteiger partial charge in [0, 0.05) is 6.92 Å². The van der Waals surface area contributed by atoms with Crippen molar-refractivity contribution in [3.8, 4) is 0 Å². The fourth-order valence-corrected chi connectivity index (χ4v) is 4.77. The van der Waals surface area contributed by atoms with Crippen molar-refractivity contribution in [1.82, 2.24) is 0 Å². The van der Waals surface area contributed by atoms with Gasteiger partial charge in [0.1, 0.15) is 37.1 Å². The maximum absolute atomic E-state index is 11.2. The van der Waals surface area contributed by atoms with Crippen LogP contribution in [0.3, 0.4) is 0 Å². The van der Waals surface area contributed by atoms with E-state index in [9.17, 15) is 20.1 Å². The van der Waals surface area contributed by atoms with Gasteiger partial charge in [-0.1, -0.05) is 25.5 Å². The smallest absolute Gasteiger partial charge is 0.302 e. The second-order valence-electron chi connectivity index (χ2n) is 9.80. The van der Waals surface area contributed by atoms with Crippen molar-refractivity contribution in [1.29, 1.82) is 0 Å². The van der Waals surface area contributed by atoms with Crippen molar-refractivity contribution >= 4 is 5.97 Å². The highest BCUT2D eigenvalue weighted by Gasteiger charge is 2.59. The largest absolute Gasteiger partial charge is 0.463 e. The summed E-state index contributed by atoms with van der Waals surface area (Å²) in [5.41, 5.74) is 1.04. The lowest BCUT2D eigenvalue weighted by atomic mass is 9.80. The number of hydrogen-bond donors (Lipinski definition) is 3. The van der Waals surface area contributed by atoms with Crippen molar-refractivity contribution in [3.63, 3.8) is 0 Å². The van der Waals surface area contributed by atoms with Crippen LogP contribution in [-0.2, 0) is 23.7 Å². The molecule has 8 heteroatoms. The Bertz CT molecular complexity index is 664. The van der Waals surface area contributed by atoms with Crippen LogP contribution < -0.4 is 0 Å². The fraction of sp³-hybridized carbons (Fsp3) is 0.870. The van der Waals surface area contributed by atoms with Crippen molar-refractivity contribution in [2.24, 2.45) is 11.8 Å². The Balaban J connectivity index is 1.80. The minimum Gasteiger partial charge on any atom is -0.463 e. The van der Waals surface area contributed by atoms with Gasteiger partial charge in [0.2, 0.25) is 0 Å². The Hall–Kier alpha value is -1.03. The topological polar surface area (TPSA) is 118 Å². The molecule has 0 aromatic carbocycles. The van der Waals surface area contributed by atoms with Crippen molar-refractivity contribution < 1.29 is 39.1 Å². The van der Waals surface area contributed by atoms with E-state index >= 15 is 0 Å². The molecule has 2 heterocycles. The minimum atomic E-state index is -1.48. The Labute approximate surface area is 184 Å². The summed E-state index contributed by atoms with van der Waals surface area (Å²) in [6.45, 7) is 9.53. The molecule has 1 aliphatic carbocycles. The molecule has 0 bridgehead atoms. The highest BCUT2D eigenvalue weighted by Crippen LogP contribution is 2.48. The first-order chi connectivity index (χ1) is 14.5. The highest BCUT2D eigenvalue weighted by molar-refractivity contribution is 5.65. The first-order valence-electron chi connectivity index (χ1n) is 11.4. The quantitative estimate of drug-likeness (QED) is 0.334. The molecule has 8 nitrogen and oxygen atoms in total. The van der Waals surface area contributed by atoms with Crippen molar-refractivity contribution in [2.45, 2.75) is 109 Å². The Kier molecular flexibility index (Phi) is 7.82. The molecule has 2 saturated heterocycles. The van der Waals surface area contributed by atoms with Gasteiger partial charge in [0.15, 0.2) is 6.29 Å². The van der Waals surface area contributed by atoms with E-state index in [1.807, 2.05) is 0 Å². The first-order valence-corrected chi connectivity index (χ1v) is 11.4. The maximum Gasteiger partial charge on any atom is 0.302 e. The average molecular weight is 443 g/mol. The molecule has 31 heavy (non-hydrogen) atoms. The van der Waals surface area contributed by atoms with Gasteiger partial charge in [-0.05, 0) is 51.4 Å². The second-order valence-corrected chi connectivity index (χ2v) is 9.80. The van der Waals surface area contributed by atoms with Crippen LogP contribution in [-0.4, -0.2) is 76.4 Å². The predicted molar refractivity (Wildman–Crippen MR) is 112 cm³/mol. The number of fused-ring (bicyclic) bond motifs is 1. The van der Waals surface area contributed by atoms with Crippen LogP contribution in [0.1, 0.15) is 60.3 Å². The van der Waals surface area contributed by atoms with Gasteiger partial charge < -0.3 is 34.3 Å². The standard InChI is InChI=1S/C23H38O8/c1-12(2)15-9-8-13(3)7-6-10-23(5)21(31-23)20(15)30-22-19(27)18(26)17(25)16(29-22)11-28-14(4)24/h7,12,15-22,25-27H,6,8-11H2,1-5H3. The van der Waals surface area contributed by atoms with E-state index in [0.717, 1.165) is 25.7 Å². The Morgan fingerprint density at radius 3 is 2.61 bits per heavy atom. The lowest BCUT2D eigenvalue weighted by molar-refractivity contribution is -0.317. The van der Waals surface area contributed by atoms with Gasteiger partial charge in [-0.3, -0.25) is 4.79 Å². The number of carbonyl (C=O) groups excluding carboxylic acids is 1. The van der Waals surface area contributed by atoms with Crippen LogP contribution in [0.4, 0.5) is 0 Å². The normalized spacial score (nSPS) is 43.7. The van der Waals surface area contributed by atoms with Crippen molar-refractivity contribution in [3.05, 3.63) is 11.6 Å². The molecule has 178 valence electrons. The molecule has 0 spiro atoms. The van der Waals surface area contributed by atoms with Crippen LogP contribution in [0.5, 0.6) is 0 Å². The maximum atomic E-state index is 11.2. The van der Waals surface area contributed by atoms with Gasteiger partial charge in [-0.2, -0.15) is 0 Å². The van der Waals surface area contributed by atoms with Gasteiger partial charge >= 0.3 is 5.97 Å². The summed E-state index contributed by atoms with van der Waals surface area (Å²) in [7, 11) is 0. The third-order valence-electron chi connectivity index (χ3n) is 6.93. The van der Waals surface area contributed by atoms with Gasteiger partial charge in [-0.25, -0.2) is 0 Å². The summed E-state index contributed by atoms with van der Waals surface area (Å²) in [4.78, 5) is 11.2. The molecule has 2 fully saturated rings. The lowest BCUT2D eigenvalue weighted by Crippen LogP contribution is -2.60. The number of hydrogen-bond acceptors (Lipinski definition) is 8. The van der Waals surface area contributed by atoms with Crippen LogP contribution in [0, 0.1) is 11.8 Å². The van der Waals surface area contributed by atoms with Crippen LogP contribution >= 0.6 is 0 Å². The van der Waals surface area contributed by atoms with Gasteiger partial charge in [-0.15, -0.1) is 0 Å². The summed E-state index contributed by atoms with van der Waals surface area (Å²) >= 11 is 0. The molecule has 3 N–H and O–H groups in total. The summed E-state index contributed by atoms with van der Waals surface area (Å²) in [5.74, 6) is -0.0644. The summed E-state index contributed by atoms with van der Waals surface area (Å²) in [6.07, 6.45) is -0.985. The summed E-state index contributed by atoms with van der Waals surface area (Å²) < 4.78 is 23.2. The van der Waals surface area contributed by atoms with E-state index in [4.69, 9.17) is 18.9 Å². The molecule has 9 unspecified atom stereocenters. The third-order valence-corrected chi connectivity index (χ3v) is 6.93. The van der Waals surface area contributed by atoms with E-state index in [0.29, 0.717) is 5.92 Å². The summed E-state index contributed by atoms with van der Waals surface area (Å²) in [5, 5.41) is 31.2. The molecule has 9 atom stereocenters. The monoisotopic (exact) mass is 442 g/mol. The fourth-order valence-electron chi connectivity index (χ4n) is 4.77. The Morgan fingerprint density at radius 1 is 1.26 bits per heavy atom. The zero-order valence-corrected chi connectivity index (χ0v) is 19.2. The number of carbonyl (C=O) groups is 1. The van der Waals surface area contributed by atoms with E-state index in [1.165, 1.54) is 12.5 Å². The molecular formula is C23H38O8. The molecule has 3 aliphatic rings. The molecular weight excluding hydrogens is 404 g/mol. The van der Waals surface area contributed by atoms with Crippen LogP contribution in [0.15, 0.2) is 11.6 Å². The lowest BCUT2D eigenvalue weighted by Gasteiger charge is -2.42. The van der Waals surface area contributed by atoms with E-state index in [1.54, 1.807) is 0 Å². The molecule has 0 radical (unpaired) electrons. The number of aliphatic hydroxyl groups excluding tert-OH is 3. The average Bonchev–Trinajstić information content (AvgIpc) is 3.36. The number of allylic oxidation sites excluding steroid dienone is 2. The summed E-state index contributed by atoms with van der Waals surface area (Å²) in [6, 6.07) is 0. The molecule has 2 aliphatic heterocycles. The van der Waals surface area contributed by atoms with Gasteiger partial charge in [0.25, 0.3) is 0 Å². The van der Waals surface area contributed by atoms with E-state index < -0.39 is 36.7 Å².